The number of aliphatic imine (C=N–C) groups is 1. The van der Waals surface area contributed by atoms with Crippen LogP contribution in [0.5, 0.6) is 0 Å². The van der Waals surface area contributed by atoms with E-state index >= 15 is 0 Å². The van der Waals surface area contributed by atoms with Gasteiger partial charge in [0.05, 0.1) is 0 Å². The fourth-order valence-corrected chi connectivity index (χ4v) is 1.03. The lowest BCUT2D eigenvalue weighted by atomic mass is 10.3. The van der Waals surface area contributed by atoms with Crippen molar-refractivity contribution in [3.8, 4) is 0 Å². The molecule has 94 valence electrons. The van der Waals surface area contributed by atoms with Gasteiger partial charge in [-0.15, -0.1) is 0 Å². The third kappa shape index (κ3) is 10.5. The van der Waals surface area contributed by atoms with Crippen LogP contribution in [0.1, 0.15) is 26.2 Å². The molecular weight excluding hydrogens is 212 g/mol. The van der Waals surface area contributed by atoms with E-state index in [0.717, 1.165) is 19.4 Å². The van der Waals surface area contributed by atoms with E-state index in [1.54, 1.807) is 30.4 Å². The predicted molar refractivity (Wildman–Crippen MR) is 75.2 cm³/mol. The number of rotatable bonds is 8. The summed E-state index contributed by atoms with van der Waals surface area (Å²) in [6, 6.07) is 0. The van der Waals surface area contributed by atoms with Gasteiger partial charge in [0, 0.05) is 6.54 Å². The molecule has 17 heavy (non-hydrogen) atoms. The second kappa shape index (κ2) is 10.7. The standard InChI is InChI=1S/C14H22N2O/c1-3-5-9-13(17)10-7-8-11-14(15)16-12-6-4-2/h3,5,8-11,17H,1,4,6-7,12H2,2H3,(H2,15,16)/b9-5-,11-8+,13-10+. The lowest BCUT2D eigenvalue weighted by Gasteiger charge is -1.93. The molecular formula is C14H22N2O. The smallest absolute Gasteiger partial charge is 0.117 e. The number of nitrogens with zero attached hydrogens (tertiary/aromatic N) is 1. The molecule has 0 saturated carbocycles. The summed E-state index contributed by atoms with van der Waals surface area (Å²) in [5, 5.41) is 9.35. The molecule has 3 N–H and O–H groups in total. The molecule has 0 aromatic carbocycles. The molecule has 0 bridgehead atoms. The van der Waals surface area contributed by atoms with Crippen LogP contribution in [0.3, 0.4) is 0 Å². The fraction of sp³-hybridized carbons (Fsp3) is 0.357. The first-order valence-electron chi connectivity index (χ1n) is 5.85. The summed E-state index contributed by atoms with van der Waals surface area (Å²) < 4.78 is 0. The van der Waals surface area contributed by atoms with Gasteiger partial charge in [-0.2, -0.15) is 0 Å². The molecule has 0 unspecified atom stereocenters. The highest BCUT2D eigenvalue weighted by molar-refractivity contribution is 5.91. The molecule has 0 spiro atoms. The van der Waals surface area contributed by atoms with Gasteiger partial charge in [0.1, 0.15) is 11.6 Å². The van der Waals surface area contributed by atoms with Gasteiger partial charge >= 0.3 is 0 Å². The van der Waals surface area contributed by atoms with Crippen molar-refractivity contribution < 1.29 is 5.11 Å². The highest BCUT2D eigenvalue weighted by Crippen LogP contribution is 1.96. The minimum atomic E-state index is 0.219. The van der Waals surface area contributed by atoms with Crippen molar-refractivity contribution in [1.29, 1.82) is 0 Å². The molecule has 0 aliphatic carbocycles. The Morgan fingerprint density at radius 3 is 2.82 bits per heavy atom. The second-order valence-electron chi connectivity index (χ2n) is 3.52. The van der Waals surface area contributed by atoms with Crippen molar-refractivity contribution in [3.05, 3.63) is 48.8 Å². The van der Waals surface area contributed by atoms with Crippen LogP contribution in [0.25, 0.3) is 0 Å². The third-order valence-corrected chi connectivity index (χ3v) is 1.96. The lowest BCUT2D eigenvalue weighted by molar-refractivity contribution is 0.430. The zero-order valence-electron chi connectivity index (χ0n) is 10.5. The average Bonchev–Trinajstić information content (AvgIpc) is 2.32. The lowest BCUT2D eigenvalue weighted by Crippen LogP contribution is -2.08. The summed E-state index contributed by atoms with van der Waals surface area (Å²) in [5.41, 5.74) is 5.66. The molecule has 0 radical (unpaired) electrons. The summed E-state index contributed by atoms with van der Waals surface area (Å²) in [4.78, 5) is 4.18. The number of hydrogen-bond donors (Lipinski definition) is 2. The van der Waals surface area contributed by atoms with Gasteiger partial charge in [0.2, 0.25) is 0 Å². The number of aliphatic hydroxyl groups is 1. The van der Waals surface area contributed by atoms with Crippen molar-refractivity contribution >= 4 is 5.84 Å². The zero-order chi connectivity index (χ0) is 12.9. The molecule has 0 fully saturated rings. The highest BCUT2D eigenvalue weighted by atomic mass is 16.3. The molecule has 0 atom stereocenters. The van der Waals surface area contributed by atoms with E-state index in [2.05, 4.69) is 18.5 Å². The Hall–Kier alpha value is -1.77. The van der Waals surface area contributed by atoms with Crippen LogP contribution in [-0.2, 0) is 0 Å². The van der Waals surface area contributed by atoms with Crippen LogP contribution in [-0.4, -0.2) is 17.5 Å². The number of nitrogens with two attached hydrogens (primary N) is 1. The maximum absolute atomic E-state index is 9.35. The molecule has 3 nitrogen and oxygen atoms in total. The summed E-state index contributed by atoms with van der Waals surface area (Å²) in [5.74, 6) is 0.754. The monoisotopic (exact) mass is 234 g/mol. The average molecular weight is 234 g/mol. The molecule has 0 aromatic rings. The van der Waals surface area contributed by atoms with Crippen molar-refractivity contribution in [2.75, 3.05) is 6.54 Å². The van der Waals surface area contributed by atoms with Crippen LogP contribution in [0, 0.1) is 0 Å². The van der Waals surface area contributed by atoms with Gasteiger partial charge in [-0.1, -0.05) is 38.2 Å². The molecule has 0 aliphatic heterocycles. The summed E-state index contributed by atoms with van der Waals surface area (Å²) in [6.45, 7) is 6.41. The Bertz CT molecular complexity index is 325. The summed E-state index contributed by atoms with van der Waals surface area (Å²) in [6.07, 6.45) is 13.0. The van der Waals surface area contributed by atoms with Gasteiger partial charge in [-0.05, 0) is 31.1 Å². The van der Waals surface area contributed by atoms with Gasteiger partial charge in [0.15, 0.2) is 0 Å². The predicted octanol–water partition coefficient (Wildman–Crippen LogP) is 3.27. The summed E-state index contributed by atoms with van der Waals surface area (Å²) >= 11 is 0. The molecule has 0 aromatic heterocycles. The molecule has 0 amide bonds. The van der Waals surface area contributed by atoms with Crippen LogP contribution in [0.4, 0.5) is 0 Å². The first-order valence-corrected chi connectivity index (χ1v) is 5.85. The summed E-state index contributed by atoms with van der Waals surface area (Å²) in [7, 11) is 0. The number of hydrogen-bond acceptors (Lipinski definition) is 2. The molecule has 0 saturated heterocycles. The molecule has 0 rings (SSSR count). The second-order valence-corrected chi connectivity index (χ2v) is 3.52. The molecule has 3 heteroatoms. The van der Waals surface area contributed by atoms with E-state index in [9.17, 15) is 5.11 Å². The Kier molecular flexibility index (Phi) is 9.62. The maximum Gasteiger partial charge on any atom is 0.117 e. The van der Waals surface area contributed by atoms with Crippen molar-refractivity contribution in [2.45, 2.75) is 26.2 Å². The Morgan fingerprint density at radius 1 is 1.41 bits per heavy atom. The van der Waals surface area contributed by atoms with E-state index in [1.165, 1.54) is 0 Å². The maximum atomic E-state index is 9.35. The van der Waals surface area contributed by atoms with Crippen LogP contribution >= 0.6 is 0 Å². The van der Waals surface area contributed by atoms with E-state index in [1.807, 2.05) is 6.08 Å². The Balaban J connectivity index is 3.97. The topological polar surface area (TPSA) is 58.6 Å². The van der Waals surface area contributed by atoms with Crippen molar-refractivity contribution in [2.24, 2.45) is 10.7 Å². The first-order chi connectivity index (χ1) is 8.20. The number of amidine groups is 1. The van der Waals surface area contributed by atoms with E-state index < -0.39 is 0 Å². The number of unbranched alkanes of at least 4 members (excludes halogenated alkanes) is 1. The fourth-order valence-electron chi connectivity index (χ4n) is 1.03. The largest absolute Gasteiger partial charge is 0.508 e. The SMILES string of the molecule is C=C/C=C\C(O)=C/C/C=C/C(N)=NCCCC. The van der Waals surface area contributed by atoms with E-state index in [4.69, 9.17) is 5.73 Å². The number of allylic oxidation sites excluding steroid dienone is 5. The Morgan fingerprint density at radius 2 is 2.18 bits per heavy atom. The zero-order valence-corrected chi connectivity index (χ0v) is 10.5. The molecule has 0 aliphatic rings. The Labute approximate surface area is 104 Å². The highest BCUT2D eigenvalue weighted by Gasteiger charge is 1.85. The third-order valence-electron chi connectivity index (χ3n) is 1.96. The first kappa shape index (κ1) is 15.2. The van der Waals surface area contributed by atoms with Crippen molar-refractivity contribution in [1.82, 2.24) is 0 Å². The van der Waals surface area contributed by atoms with Crippen LogP contribution in [0.15, 0.2) is 53.8 Å². The van der Waals surface area contributed by atoms with Gasteiger partial charge < -0.3 is 10.8 Å². The van der Waals surface area contributed by atoms with Crippen molar-refractivity contribution in [3.63, 3.8) is 0 Å². The van der Waals surface area contributed by atoms with Crippen LogP contribution in [0.2, 0.25) is 0 Å². The minimum Gasteiger partial charge on any atom is -0.508 e. The quantitative estimate of drug-likeness (QED) is 0.223. The van der Waals surface area contributed by atoms with Gasteiger partial charge in [-0.25, -0.2) is 0 Å². The molecule has 0 heterocycles. The van der Waals surface area contributed by atoms with Crippen LogP contribution < -0.4 is 5.73 Å². The minimum absolute atomic E-state index is 0.219. The van der Waals surface area contributed by atoms with Gasteiger partial charge in [-0.3, -0.25) is 4.99 Å². The van der Waals surface area contributed by atoms with E-state index in [-0.39, 0.29) is 5.76 Å². The number of aliphatic hydroxyl groups excluding tert-OH is 1. The normalized spacial score (nSPS) is 13.7. The van der Waals surface area contributed by atoms with E-state index in [0.29, 0.717) is 12.3 Å². The van der Waals surface area contributed by atoms with Gasteiger partial charge in [0.25, 0.3) is 0 Å².